The van der Waals surface area contributed by atoms with Crippen molar-refractivity contribution in [3.8, 4) is 0 Å². The Morgan fingerprint density at radius 1 is 1.36 bits per heavy atom. The molecule has 2 aromatic rings. The van der Waals surface area contributed by atoms with E-state index in [1.54, 1.807) is 17.3 Å². The fourth-order valence-electron chi connectivity index (χ4n) is 3.86. The minimum absolute atomic E-state index is 0.339. The van der Waals surface area contributed by atoms with Gasteiger partial charge >= 0.3 is 6.09 Å². The Hall–Kier alpha value is -2.85. The van der Waals surface area contributed by atoms with Gasteiger partial charge in [-0.15, -0.1) is 0 Å². The summed E-state index contributed by atoms with van der Waals surface area (Å²) in [5.41, 5.74) is 1.20. The third-order valence-electron chi connectivity index (χ3n) is 5.76. The largest absolute Gasteiger partial charge is 0.439 e. The summed E-state index contributed by atoms with van der Waals surface area (Å²) in [6, 6.07) is 0.380. The maximum absolute atomic E-state index is 12.0. The average molecular weight is 475 g/mol. The number of ether oxygens (including phenoxy) is 1. The molecule has 0 spiro atoms. The molecule has 178 valence electrons. The second-order valence-electron chi connectivity index (χ2n) is 9.09. The molecule has 0 bridgehead atoms. The van der Waals surface area contributed by atoms with Gasteiger partial charge in [0.25, 0.3) is 0 Å². The number of likely N-dealkylation sites (tertiary alicyclic amines) is 1. The summed E-state index contributed by atoms with van der Waals surface area (Å²) in [7, 11) is 2.13. The number of halogens is 1. The lowest BCUT2D eigenvalue weighted by atomic mass is 10.1. The van der Waals surface area contributed by atoms with Gasteiger partial charge < -0.3 is 20.3 Å². The first-order valence-corrected chi connectivity index (χ1v) is 11.5. The normalized spacial score (nSPS) is 20.2. The van der Waals surface area contributed by atoms with Crippen LogP contribution in [0.2, 0.25) is 5.02 Å². The van der Waals surface area contributed by atoms with Crippen LogP contribution in [0.4, 0.5) is 22.2 Å². The quantitative estimate of drug-likeness (QED) is 0.557. The first-order chi connectivity index (χ1) is 15.7. The predicted octanol–water partition coefficient (Wildman–Crippen LogP) is 3.80. The molecule has 2 aliphatic rings. The van der Waals surface area contributed by atoms with Gasteiger partial charge in [0.1, 0.15) is 16.4 Å². The Bertz CT molecular complexity index is 1040. The molecule has 11 heteroatoms. The van der Waals surface area contributed by atoms with E-state index in [0.717, 1.165) is 30.9 Å². The highest BCUT2D eigenvalue weighted by Crippen LogP contribution is 2.26. The van der Waals surface area contributed by atoms with Gasteiger partial charge in [-0.2, -0.15) is 10.1 Å². The molecule has 0 radical (unpaired) electrons. The van der Waals surface area contributed by atoms with Gasteiger partial charge in [-0.25, -0.2) is 9.78 Å². The summed E-state index contributed by atoms with van der Waals surface area (Å²) in [6.07, 6.45) is 8.67. The van der Waals surface area contributed by atoms with Gasteiger partial charge in [0.2, 0.25) is 5.95 Å². The van der Waals surface area contributed by atoms with Crippen molar-refractivity contribution in [2.75, 3.05) is 43.9 Å². The number of hydrogen-bond donors (Lipinski definition) is 2. The first kappa shape index (κ1) is 23.3. The van der Waals surface area contributed by atoms with Crippen LogP contribution >= 0.6 is 11.6 Å². The Balaban J connectivity index is 1.33. The second-order valence-corrected chi connectivity index (χ2v) is 9.50. The summed E-state index contributed by atoms with van der Waals surface area (Å²) >= 11 is 6.28. The summed E-state index contributed by atoms with van der Waals surface area (Å²) < 4.78 is 7.39. The number of nitrogens with one attached hydrogen (secondary N) is 2. The Morgan fingerprint density at radius 3 is 2.91 bits per heavy atom. The highest BCUT2D eigenvalue weighted by atomic mass is 35.5. The van der Waals surface area contributed by atoms with E-state index in [0.29, 0.717) is 42.3 Å². The monoisotopic (exact) mass is 474 g/mol. The summed E-state index contributed by atoms with van der Waals surface area (Å²) in [4.78, 5) is 24.7. The topological polar surface area (TPSA) is 100 Å². The van der Waals surface area contributed by atoms with E-state index in [1.807, 2.05) is 37.7 Å². The molecule has 1 unspecified atom stereocenters. The average Bonchev–Trinajstić information content (AvgIpc) is 3.34. The molecular weight excluding hydrogens is 444 g/mol. The lowest BCUT2D eigenvalue weighted by molar-refractivity contribution is 0.0390. The number of carbonyl (C=O) groups excluding carboxylic acids is 1. The minimum Gasteiger partial charge on any atom is -0.439 e. The number of cyclic esters (lactones) is 1. The van der Waals surface area contributed by atoms with Gasteiger partial charge in [-0.3, -0.25) is 9.58 Å². The molecule has 10 nitrogen and oxygen atoms in total. The maximum Gasteiger partial charge on any atom is 0.414 e. The number of likely N-dealkylation sites (N-methyl/N-ethyl adjacent to an activating group) is 1. The molecule has 2 aliphatic heterocycles. The Kier molecular flexibility index (Phi) is 6.76. The smallest absolute Gasteiger partial charge is 0.414 e. The van der Waals surface area contributed by atoms with Crippen LogP contribution < -0.4 is 10.6 Å². The molecule has 0 aliphatic carbocycles. The molecule has 2 N–H and O–H groups in total. The molecule has 1 amide bonds. The van der Waals surface area contributed by atoms with Crippen molar-refractivity contribution in [3.63, 3.8) is 0 Å². The van der Waals surface area contributed by atoms with Crippen LogP contribution in [0, 0.1) is 6.92 Å². The zero-order valence-electron chi connectivity index (χ0n) is 19.5. The van der Waals surface area contributed by atoms with Gasteiger partial charge in [0.15, 0.2) is 0 Å². The van der Waals surface area contributed by atoms with Gasteiger partial charge in [-0.1, -0.05) is 11.6 Å². The van der Waals surface area contributed by atoms with Gasteiger partial charge in [-0.05, 0) is 53.3 Å². The van der Waals surface area contributed by atoms with E-state index in [-0.39, 0.29) is 6.09 Å². The van der Waals surface area contributed by atoms with Crippen LogP contribution in [0.5, 0.6) is 0 Å². The standard InChI is InChI=1S/C22H31ClN8O2/c1-15-18(14-31(28-15)16-6-10-29(4)13-16)26-20-25-12-17(23)19(27-20)24-8-5-9-30-11-7-22(2,3)33-21(30)32/h7,11-12,14,16H,5-6,8-10,13H2,1-4H3,(H2,24,25,26,27). The van der Waals surface area contributed by atoms with E-state index in [4.69, 9.17) is 16.3 Å². The van der Waals surface area contributed by atoms with Crippen LogP contribution in [0.25, 0.3) is 0 Å². The molecule has 2 aromatic heterocycles. The minimum atomic E-state index is -0.563. The van der Waals surface area contributed by atoms with Crippen LogP contribution in [0.1, 0.15) is 38.4 Å². The maximum atomic E-state index is 12.0. The molecule has 4 rings (SSSR count). The van der Waals surface area contributed by atoms with Crippen molar-refractivity contribution in [2.24, 2.45) is 0 Å². The number of carbonyl (C=O) groups is 1. The van der Waals surface area contributed by atoms with Crippen molar-refractivity contribution in [1.29, 1.82) is 0 Å². The van der Waals surface area contributed by atoms with E-state index < -0.39 is 5.60 Å². The van der Waals surface area contributed by atoms with Crippen molar-refractivity contribution >= 4 is 35.1 Å². The molecule has 1 saturated heterocycles. The predicted molar refractivity (Wildman–Crippen MR) is 128 cm³/mol. The highest BCUT2D eigenvalue weighted by Gasteiger charge is 2.27. The third kappa shape index (κ3) is 5.75. The Morgan fingerprint density at radius 2 is 2.18 bits per heavy atom. The number of amides is 1. The van der Waals surface area contributed by atoms with Crippen molar-refractivity contribution in [1.82, 2.24) is 29.5 Å². The molecule has 0 aromatic carbocycles. The van der Waals surface area contributed by atoms with Crippen molar-refractivity contribution < 1.29 is 9.53 Å². The number of aryl methyl sites for hydroxylation is 1. The molecule has 1 atom stereocenters. The fourth-order valence-corrected chi connectivity index (χ4v) is 4.02. The van der Waals surface area contributed by atoms with E-state index in [1.165, 1.54) is 0 Å². The molecule has 33 heavy (non-hydrogen) atoms. The zero-order chi connectivity index (χ0) is 23.6. The van der Waals surface area contributed by atoms with Gasteiger partial charge in [0, 0.05) is 32.0 Å². The number of aromatic nitrogens is 4. The van der Waals surface area contributed by atoms with E-state index in [2.05, 4.69) is 37.6 Å². The molecule has 4 heterocycles. The zero-order valence-corrected chi connectivity index (χ0v) is 20.3. The fraction of sp³-hybridized carbons (Fsp3) is 0.545. The first-order valence-electron chi connectivity index (χ1n) is 11.2. The van der Waals surface area contributed by atoms with Crippen LogP contribution in [-0.4, -0.2) is 74.5 Å². The number of nitrogens with zero attached hydrogens (tertiary/aromatic N) is 6. The highest BCUT2D eigenvalue weighted by molar-refractivity contribution is 6.32. The Labute approximate surface area is 199 Å². The van der Waals surface area contributed by atoms with Crippen molar-refractivity contribution in [3.05, 3.63) is 35.4 Å². The molecular formula is C22H31ClN8O2. The van der Waals surface area contributed by atoms with Crippen LogP contribution in [-0.2, 0) is 4.74 Å². The number of rotatable bonds is 8. The lowest BCUT2D eigenvalue weighted by Crippen LogP contribution is -2.39. The SMILES string of the molecule is Cc1nn(C2CCN(C)C2)cc1Nc1ncc(Cl)c(NCCCN2C=CC(C)(C)OC2=O)n1. The van der Waals surface area contributed by atoms with E-state index in [9.17, 15) is 4.79 Å². The summed E-state index contributed by atoms with van der Waals surface area (Å²) in [5, 5.41) is 11.6. The summed E-state index contributed by atoms with van der Waals surface area (Å²) in [6.45, 7) is 8.85. The van der Waals surface area contributed by atoms with Crippen LogP contribution in [0.15, 0.2) is 24.7 Å². The molecule has 0 saturated carbocycles. The lowest BCUT2D eigenvalue weighted by Gasteiger charge is -2.31. The number of hydrogen-bond acceptors (Lipinski definition) is 8. The number of anilines is 3. The second kappa shape index (κ2) is 9.56. The van der Waals surface area contributed by atoms with Crippen molar-refractivity contribution in [2.45, 2.75) is 45.3 Å². The third-order valence-corrected chi connectivity index (χ3v) is 6.03. The van der Waals surface area contributed by atoms with Gasteiger partial charge in [0.05, 0.1) is 23.6 Å². The molecule has 1 fully saturated rings. The summed E-state index contributed by atoms with van der Waals surface area (Å²) in [5.74, 6) is 0.979. The van der Waals surface area contributed by atoms with E-state index >= 15 is 0 Å². The van der Waals surface area contributed by atoms with Crippen LogP contribution in [0.3, 0.4) is 0 Å².